The Hall–Kier alpha value is -5.60. The highest BCUT2D eigenvalue weighted by atomic mass is 32.1. The van der Waals surface area contributed by atoms with Crippen LogP contribution in [0.5, 0.6) is 0 Å². The topological polar surface area (TPSA) is 176 Å². The molecule has 12 nitrogen and oxygen atoms in total. The summed E-state index contributed by atoms with van der Waals surface area (Å²) in [4.78, 5) is 59.5. The lowest BCUT2D eigenvalue weighted by atomic mass is 9.69. The number of esters is 1. The van der Waals surface area contributed by atoms with Crippen LogP contribution in [-0.2, 0) is 40.0 Å². The van der Waals surface area contributed by atoms with Gasteiger partial charge in [-0.3, -0.25) is 9.59 Å². The molecule has 78 heavy (non-hydrogen) atoms. The number of aryl methyl sites for hydroxylation is 4. The van der Waals surface area contributed by atoms with Crippen LogP contribution < -0.4 is 0 Å². The smallest absolute Gasteiger partial charge is 0.357 e. The number of thiazole rings is 2. The van der Waals surface area contributed by atoms with Crippen molar-refractivity contribution in [1.29, 1.82) is 0 Å². The van der Waals surface area contributed by atoms with Crippen molar-refractivity contribution >= 4 is 46.2 Å². The van der Waals surface area contributed by atoms with Crippen molar-refractivity contribution in [2.75, 3.05) is 6.61 Å². The fourth-order valence-corrected chi connectivity index (χ4v) is 14.1. The highest BCUT2D eigenvalue weighted by Gasteiger charge is 2.44. The largest absolute Gasteiger partial charge is 0.476 e. The molecule has 4 aliphatic carbocycles. The van der Waals surface area contributed by atoms with Gasteiger partial charge in [0.1, 0.15) is 23.1 Å². The van der Waals surface area contributed by atoms with E-state index in [9.17, 15) is 24.3 Å². The number of carbonyl (C=O) groups is 4. The van der Waals surface area contributed by atoms with E-state index in [1.165, 1.54) is 57.8 Å². The highest BCUT2D eigenvalue weighted by molar-refractivity contribution is 7.10. The first-order valence-electron chi connectivity index (χ1n) is 28.8. The molecule has 14 heteroatoms. The van der Waals surface area contributed by atoms with E-state index in [2.05, 4.69) is 106 Å². The predicted molar refractivity (Wildman–Crippen MR) is 305 cm³/mol. The number of ketones is 2. The van der Waals surface area contributed by atoms with Crippen LogP contribution in [0.4, 0.5) is 0 Å². The van der Waals surface area contributed by atoms with Gasteiger partial charge >= 0.3 is 11.9 Å². The SMILES string of the molecule is CCOC(=O)c1csc(CC(CC(=O)Cc2ccc(C)cc2C)c2noc(C3CC(CC(C)C)C3)c2C2CC2)n1.Cc1ccc(CC(=O)CC(Cc2nc(C(=O)O)cs2)c2noc(C3CC(CC(C)C)C3)c2C2CC2)c(C)c1. The molecule has 416 valence electrons. The maximum atomic E-state index is 13.5. The van der Waals surface area contributed by atoms with E-state index in [0.29, 0.717) is 86.3 Å². The second-order valence-corrected chi connectivity index (χ2v) is 26.2. The first kappa shape index (κ1) is 57.1. The molecule has 0 aliphatic heterocycles. The van der Waals surface area contributed by atoms with Gasteiger partial charge in [0.05, 0.1) is 28.0 Å². The summed E-state index contributed by atoms with van der Waals surface area (Å²) in [6.07, 6.45) is 14.2. The van der Waals surface area contributed by atoms with Crippen molar-refractivity contribution in [3.63, 3.8) is 0 Å². The second kappa shape index (κ2) is 25.2. The summed E-state index contributed by atoms with van der Waals surface area (Å²) in [6.45, 7) is 19.5. The predicted octanol–water partition coefficient (Wildman–Crippen LogP) is 15.3. The molecule has 4 fully saturated rings. The number of benzene rings is 2. The van der Waals surface area contributed by atoms with Crippen LogP contribution in [-0.4, -0.2) is 55.5 Å². The zero-order chi connectivity index (χ0) is 55.4. The fourth-order valence-electron chi connectivity index (χ4n) is 12.4. The number of aromatic carboxylic acids is 1. The molecule has 4 saturated carbocycles. The first-order chi connectivity index (χ1) is 37.4. The number of nitrogens with zero attached hydrogens (tertiary/aromatic N) is 4. The van der Waals surface area contributed by atoms with Gasteiger partial charge in [-0.05, 0) is 157 Å². The van der Waals surface area contributed by atoms with Crippen LogP contribution in [0.2, 0.25) is 0 Å². The Balaban J connectivity index is 0.000000190. The molecule has 6 aromatic rings. The van der Waals surface area contributed by atoms with Crippen molar-refractivity contribution in [1.82, 2.24) is 20.3 Å². The van der Waals surface area contributed by atoms with E-state index in [1.54, 1.807) is 17.7 Å². The lowest BCUT2D eigenvalue weighted by Crippen LogP contribution is -2.23. The molecular formula is C64H80N4O8S2. The average molecular weight is 1100 g/mol. The summed E-state index contributed by atoms with van der Waals surface area (Å²) in [5.74, 6) is 5.40. The normalized spacial score (nSPS) is 19.7. The van der Waals surface area contributed by atoms with Crippen molar-refractivity contribution in [2.45, 2.75) is 201 Å². The van der Waals surface area contributed by atoms with Gasteiger partial charge in [-0.25, -0.2) is 19.6 Å². The molecule has 4 aliphatic rings. The van der Waals surface area contributed by atoms with Gasteiger partial charge in [-0.1, -0.05) is 85.5 Å². The number of hydrogen-bond donors (Lipinski definition) is 1. The summed E-state index contributed by atoms with van der Waals surface area (Å²) in [5.41, 5.74) is 11.5. The highest BCUT2D eigenvalue weighted by Crippen LogP contribution is 2.54. The van der Waals surface area contributed by atoms with Crippen LogP contribution in [0.15, 0.2) is 56.2 Å². The quantitative estimate of drug-likeness (QED) is 0.0538. The Labute approximate surface area is 469 Å². The third kappa shape index (κ3) is 14.4. The maximum Gasteiger partial charge on any atom is 0.357 e. The molecule has 1 N–H and O–H groups in total. The molecule has 0 spiro atoms. The van der Waals surface area contributed by atoms with Gasteiger partial charge < -0.3 is 18.9 Å². The van der Waals surface area contributed by atoms with E-state index in [-0.39, 0.29) is 29.1 Å². The zero-order valence-corrected chi connectivity index (χ0v) is 49.0. The summed E-state index contributed by atoms with van der Waals surface area (Å²) in [5, 5.41) is 23.5. The summed E-state index contributed by atoms with van der Waals surface area (Å²) < 4.78 is 17.3. The lowest BCUT2D eigenvalue weighted by molar-refractivity contribution is -0.119. The van der Waals surface area contributed by atoms with Crippen LogP contribution in [0.25, 0.3) is 0 Å². The number of carbonyl (C=O) groups excluding carboxylic acids is 3. The van der Waals surface area contributed by atoms with E-state index < -0.39 is 11.9 Å². The van der Waals surface area contributed by atoms with Gasteiger partial charge in [-0.15, -0.1) is 22.7 Å². The monoisotopic (exact) mass is 1100 g/mol. The maximum absolute atomic E-state index is 13.5. The molecule has 0 bridgehead atoms. The van der Waals surface area contributed by atoms with Crippen LogP contribution >= 0.6 is 22.7 Å². The summed E-state index contributed by atoms with van der Waals surface area (Å²) in [6, 6.07) is 12.5. The van der Waals surface area contributed by atoms with Gasteiger partial charge in [0, 0.05) is 84.1 Å². The first-order valence-corrected chi connectivity index (χ1v) is 30.6. The third-order valence-corrected chi connectivity index (χ3v) is 18.2. The Morgan fingerprint density at radius 3 is 1.42 bits per heavy atom. The van der Waals surface area contributed by atoms with Gasteiger partial charge in [0.15, 0.2) is 11.4 Å². The van der Waals surface area contributed by atoms with Crippen molar-refractivity contribution in [3.8, 4) is 0 Å². The fraction of sp³-hybridized carbons (Fsp3) is 0.562. The Morgan fingerprint density at radius 2 is 1.05 bits per heavy atom. The van der Waals surface area contributed by atoms with Gasteiger partial charge in [0.25, 0.3) is 0 Å². The van der Waals surface area contributed by atoms with E-state index in [4.69, 9.17) is 13.8 Å². The Morgan fingerprint density at radius 1 is 0.628 bits per heavy atom. The van der Waals surface area contributed by atoms with Crippen molar-refractivity contribution in [3.05, 3.63) is 136 Å². The number of aromatic nitrogens is 4. The summed E-state index contributed by atoms with van der Waals surface area (Å²) >= 11 is 2.78. The van der Waals surface area contributed by atoms with Crippen molar-refractivity contribution in [2.24, 2.45) is 23.7 Å². The minimum absolute atomic E-state index is 0.0549. The lowest BCUT2D eigenvalue weighted by Gasteiger charge is -2.35. The van der Waals surface area contributed by atoms with Crippen LogP contribution in [0.3, 0.4) is 0 Å². The number of rotatable bonds is 25. The molecule has 0 radical (unpaired) electrons. The van der Waals surface area contributed by atoms with E-state index in [0.717, 1.165) is 118 Å². The number of hydrogen-bond acceptors (Lipinski definition) is 13. The molecule has 10 rings (SSSR count). The molecule has 4 aromatic heterocycles. The molecular weight excluding hydrogens is 1020 g/mol. The van der Waals surface area contributed by atoms with Gasteiger partial charge in [-0.2, -0.15) is 0 Å². The Bertz CT molecular complexity index is 3070. The Kier molecular flexibility index (Phi) is 18.5. The molecule has 2 unspecified atom stereocenters. The number of carboxylic acids is 1. The second-order valence-electron chi connectivity index (χ2n) is 24.3. The summed E-state index contributed by atoms with van der Waals surface area (Å²) in [7, 11) is 0. The molecule has 2 aromatic carbocycles. The van der Waals surface area contributed by atoms with Crippen LogP contribution in [0.1, 0.15) is 246 Å². The average Bonchev–Trinajstić information content (AvgIpc) is 4.16. The standard InChI is InChI=1S/C33H42N2O4S.C31H38N2O4S/c1-6-38-33(37)28-18-40-29(34-28)17-25(16-27(36)15-24-8-7-20(4)12-21(24)5)31-30(23-9-10-23)32(39-35-31)26-13-22(14-26)11-19(2)3;1-17(2)9-20-11-24(12-20)30-28(21-7-8-21)29(33-37-30)23(15-27-32-26(16-38-27)31(35)36)14-25(34)13-22-6-5-18(3)10-19(22)4/h7-8,12,18-19,22-23,25-26H,6,9-11,13-17H2,1-5H3;5-6,10,16-17,20-21,23-24H,7-9,11-15H2,1-4H3,(H,35,36). The number of carboxylic acid groups (broad SMARTS) is 1. The van der Waals surface area contributed by atoms with Crippen molar-refractivity contribution < 1.29 is 38.1 Å². The number of ether oxygens (including phenoxy) is 1. The van der Waals surface area contributed by atoms with Crippen LogP contribution in [0, 0.1) is 51.4 Å². The number of Topliss-reactive ketones (excluding diaryl/α,β-unsaturated/α-hetero) is 2. The zero-order valence-electron chi connectivity index (χ0n) is 47.3. The van der Waals surface area contributed by atoms with E-state index >= 15 is 0 Å². The third-order valence-electron chi connectivity index (χ3n) is 16.5. The minimum atomic E-state index is -1.03. The van der Waals surface area contributed by atoms with Gasteiger partial charge in [0.2, 0.25) is 0 Å². The van der Waals surface area contributed by atoms with E-state index in [1.807, 2.05) is 6.07 Å². The minimum Gasteiger partial charge on any atom is -0.476 e. The molecule has 0 saturated heterocycles. The molecule has 0 amide bonds. The molecule has 2 atom stereocenters. The molecule has 4 heterocycles.